The van der Waals surface area contributed by atoms with E-state index in [1.165, 1.54) is 13.1 Å². The molecular weight excluding hydrogens is 336 g/mol. The van der Waals surface area contributed by atoms with Gasteiger partial charge < -0.3 is 5.32 Å². The van der Waals surface area contributed by atoms with Crippen LogP contribution in [0.15, 0.2) is 41.3 Å². The summed E-state index contributed by atoms with van der Waals surface area (Å²) in [5.74, 6) is -0.302. The minimum Gasteiger partial charge on any atom is -0.346 e. The zero-order valence-corrected chi connectivity index (χ0v) is 16.0. The van der Waals surface area contributed by atoms with Crippen molar-refractivity contribution in [2.24, 2.45) is 0 Å². The number of carbonyl (C=O) groups is 1. The van der Waals surface area contributed by atoms with E-state index in [1.54, 1.807) is 19.9 Å². The molecule has 2 aromatic rings. The van der Waals surface area contributed by atoms with Crippen molar-refractivity contribution in [2.45, 2.75) is 38.6 Å². The third kappa shape index (κ3) is 4.27. The smallest absolute Gasteiger partial charge is 0.251 e. The Bertz CT molecular complexity index is 888. The zero-order valence-electron chi connectivity index (χ0n) is 15.2. The number of amides is 1. The minimum absolute atomic E-state index is 0.128. The average Bonchev–Trinajstić information content (AvgIpc) is 2.57. The predicted molar refractivity (Wildman–Crippen MR) is 99.2 cm³/mol. The minimum atomic E-state index is -3.62. The largest absolute Gasteiger partial charge is 0.346 e. The van der Waals surface area contributed by atoms with Crippen LogP contribution in [-0.2, 0) is 10.0 Å². The normalized spacial score (nSPS) is 12.7. The molecule has 2 aromatic carbocycles. The molecule has 1 unspecified atom stereocenters. The lowest BCUT2D eigenvalue weighted by Gasteiger charge is -2.16. The van der Waals surface area contributed by atoms with E-state index in [4.69, 9.17) is 0 Å². The first-order valence-electron chi connectivity index (χ1n) is 8.08. The summed E-state index contributed by atoms with van der Waals surface area (Å²) in [6.45, 7) is 7.43. The summed E-state index contributed by atoms with van der Waals surface area (Å²) in [7, 11) is -2.27. The van der Waals surface area contributed by atoms with Crippen LogP contribution in [0.2, 0.25) is 0 Å². The third-order valence-electron chi connectivity index (χ3n) is 4.37. The van der Waals surface area contributed by atoms with Gasteiger partial charge in [0.25, 0.3) is 5.91 Å². The van der Waals surface area contributed by atoms with Gasteiger partial charge in [-0.25, -0.2) is 13.1 Å². The first kappa shape index (κ1) is 19.1. The Hall–Kier alpha value is -2.18. The van der Waals surface area contributed by atoms with Crippen molar-refractivity contribution in [2.75, 3.05) is 7.05 Å². The fourth-order valence-corrected chi connectivity index (χ4v) is 3.63. The molecule has 0 heterocycles. The number of hydrogen-bond donors (Lipinski definition) is 2. The highest BCUT2D eigenvalue weighted by Gasteiger charge is 2.20. The summed E-state index contributed by atoms with van der Waals surface area (Å²) in [4.78, 5) is 12.7. The molecule has 0 aliphatic carbocycles. The molecule has 0 aliphatic heterocycles. The Balaban J connectivity index is 2.32. The summed E-state index contributed by atoms with van der Waals surface area (Å²) in [6.07, 6.45) is 0. The molecule has 2 rings (SSSR count). The van der Waals surface area contributed by atoms with Gasteiger partial charge in [0.2, 0.25) is 10.0 Å². The van der Waals surface area contributed by atoms with E-state index >= 15 is 0 Å². The van der Waals surface area contributed by atoms with Gasteiger partial charge in [-0.3, -0.25) is 4.79 Å². The van der Waals surface area contributed by atoms with Crippen molar-refractivity contribution in [3.05, 3.63) is 64.2 Å². The van der Waals surface area contributed by atoms with E-state index in [9.17, 15) is 13.2 Å². The van der Waals surface area contributed by atoms with Gasteiger partial charge in [0.1, 0.15) is 0 Å². The quantitative estimate of drug-likeness (QED) is 0.861. The van der Waals surface area contributed by atoms with Crippen molar-refractivity contribution >= 4 is 15.9 Å². The first-order chi connectivity index (χ1) is 11.7. The van der Waals surface area contributed by atoms with Crippen LogP contribution in [0, 0.1) is 20.8 Å². The Morgan fingerprint density at radius 2 is 1.64 bits per heavy atom. The molecule has 0 aliphatic rings. The number of nitrogens with one attached hydrogen (secondary N) is 2. The summed E-state index contributed by atoms with van der Waals surface area (Å²) >= 11 is 0. The highest BCUT2D eigenvalue weighted by molar-refractivity contribution is 7.89. The van der Waals surface area contributed by atoms with Gasteiger partial charge in [-0.05, 0) is 63.6 Å². The second-order valence-corrected chi connectivity index (χ2v) is 8.08. The lowest BCUT2D eigenvalue weighted by atomic mass is 10.0. The highest BCUT2D eigenvalue weighted by Crippen LogP contribution is 2.22. The highest BCUT2D eigenvalue weighted by atomic mass is 32.2. The summed E-state index contributed by atoms with van der Waals surface area (Å²) in [5.41, 5.74) is 3.86. The van der Waals surface area contributed by atoms with Crippen LogP contribution in [0.3, 0.4) is 0 Å². The molecule has 0 fully saturated rings. The van der Waals surface area contributed by atoms with Crippen LogP contribution in [0.5, 0.6) is 0 Å². The third-order valence-corrected chi connectivity index (χ3v) is 5.91. The maximum Gasteiger partial charge on any atom is 0.251 e. The molecule has 25 heavy (non-hydrogen) atoms. The molecule has 0 radical (unpaired) electrons. The van der Waals surface area contributed by atoms with Gasteiger partial charge in [-0.2, -0.15) is 0 Å². The molecule has 0 spiro atoms. The molecule has 0 bridgehead atoms. The number of hydrogen-bond acceptors (Lipinski definition) is 3. The van der Waals surface area contributed by atoms with Crippen molar-refractivity contribution in [3.8, 4) is 0 Å². The van der Waals surface area contributed by atoms with Crippen molar-refractivity contribution in [1.29, 1.82) is 0 Å². The molecule has 2 N–H and O–H groups in total. The number of sulfonamides is 1. The van der Waals surface area contributed by atoms with Crippen molar-refractivity contribution < 1.29 is 13.2 Å². The molecule has 0 aromatic heterocycles. The molecule has 0 saturated heterocycles. The molecule has 1 amide bonds. The van der Waals surface area contributed by atoms with Crippen LogP contribution < -0.4 is 10.0 Å². The van der Waals surface area contributed by atoms with Gasteiger partial charge in [0.15, 0.2) is 0 Å². The van der Waals surface area contributed by atoms with Crippen LogP contribution in [0.4, 0.5) is 0 Å². The van der Waals surface area contributed by atoms with Crippen LogP contribution in [-0.4, -0.2) is 21.4 Å². The van der Waals surface area contributed by atoms with Gasteiger partial charge >= 0.3 is 0 Å². The Morgan fingerprint density at radius 3 is 2.20 bits per heavy atom. The van der Waals surface area contributed by atoms with Gasteiger partial charge in [-0.1, -0.05) is 29.8 Å². The Kier molecular flexibility index (Phi) is 5.65. The number of aryl methyl sites for hydroxylation is 2. The number of rotatable bonds is 5. The second kappa shape index (κ2) is 7.37. The molecule has 0 saturated carbocycles. The lowest BCUT2D eigenvalue weighted by Crippen LogP contribution is -2.27. The van der Waals surface area contributed by atoms with Crippen molar-refractivity contribution in [3.63, 3.8) is 0 Å². The maximum absolute atomic E-state index is 12.6. The van der Waals surface area contributed by atoms with Gasteiger partial charge in [-0.15, -0.1) is 0 Å². The van der Waals surface area contributed by atoms with E-state index in [2.05, 4.69) is 10.0 Å². The zero-order chi connectivity index (χ0) is 18.8. The topological polar surface area (TPSA) is 75.3 Å². The number of benzene rings is 2. The fourth-order valence-electron chi connectivity index (χ4n) is 2.57. The molecule has 6 heteroatoms. The summed E-state index contributed by atoms with van der Waals surface area (Å²) in [6, 6.07) is 10.9. The molecule has 1 atom stereocenters. The van der Waals surface area contributed by atoms with E-state index in [0.29, 0.717) is 11.1 Å². The van der Waals surface area contributed by atoms with E-state index in [1.807, 2.05) is 38.1 Å². The van der Waals surface area contributed by atoms with E-state index in [-0.39, 0.29) is 16.8 Å². The molecule has 134 valence electrons. The van der Waals surface area contributed by atoms with Crippen molar-refractivity contribution in [1.82, 2.24) is 10.0 Å². The Labute approximate surface area is 149 Å². The summed E-state index contributed by atoms with van der Waals surface area (Å²) in [5, 5.41) is 2.92. The average molecular weight is 360 g/mol. The fraction of sp³-hybridized carbons (Fsp3) is 0.316. The standard InChI is InChI=1S/C19H24N2O3S/c1-12-6-8-16(9-7-12)15(4)21-19(22)17-10-13(2)14(3)18(11-17)25(23,24)20-5/h6-11,15,20H,1-5H3,(H,21,22). The lowest BCUT2D eigenvalue weighted by molar-refractivity contribution is 0.0939. The predicted octanol–water partition coefficient (Wildman–Crippen LogP) is 3.01. The van der Waals surface area contributed by atoms with Gasteiger partial charge in [0.05, 0.1) is 10.9 Å². The summed E-state index contributed by atoms with van der Waals surface area (Å²) < 4.78 is 26.7. The Morgan fingerprint density at radius 1 is 1.04 bits per heavy atom. The van der Waals surface area contributed by atoms with Crippen LogP contribution in [0.1, 0.15) is 45.6 Å². The maximum atomic E-state index is 12.6. The van der Waals surface area contributed by atoms with Crippen LogP contribution >= 0.6 is 0 Å². The first-order valence-corrected chi connectivity index (χ1v) is 9.56. The van der Waals surface area contributed by atoms with E-state index < -0.39 is 10.0 Å². The van der Waals surface area contributed by atoms with Gasteiger partial charge in [0, 0.05) is 5.56 Å². The SMILES string of the molecule is CNS(=O)(=O)c1cc(C(=O)NC(C)c2ccc(C)cc2)cc(C)c1C. The second-order valence-electron chi connectivity index (χ2n) is 6.23. The molecule has 5 nitrogen and oxygen atoms in total. The van der Waals surface area contributed by atoms with Crippen LogP contribution in [0.25, 0.3) is 0 Å². The monoisotopic (exact) mass is 360 g/mol. The number of carbonyl (C=O) groups excluding carboxylic acids is 1. The van der Waals surface area contributed by atoms with E-state index in [0.717, 1.165) is 16.7 Å². The molecular formula is C19H24N2O3S.